The molecule has 502 valence electrons. The smallest absolute Gasteiger partial charge is 1.00 e. The predicted molar refractivity (Wildman–Crippen MR) is 348 cm³/mol. The van der Waals surface area contributed by atoms with Gasteiger partial charge in [-0.3, -0.25) is 47.7 Å². The van der Waals surface area contributed by atoms with Gasteiger partial charge in [-0.15, -0.1) is 0 Å². The van der Waals surface area contributed by atoms with Crippen LogP contribution in [0.3, 0.4) is 0 Å². The first kappa shape index (κ1) is 84.5. The summed E-state index contributed by atoms with van der Waals surface area (Å²) in [7, 11) is 0. The van der Waals surface area contributed by atoms with Crippen LogP contribution in [0.5, 0.6) is 0 Å². The van der Waals surface area contributed by atoms with Gasteiger partial charge in [0.15, 0.2) is 11.4 Å². The average Bonchev–Trinajstić information content (AvgIpc) is 1.65. The Balaban J connectivity index is 0.000000433. The van der Waals surface area contributed by atoms with Crippen LogP contribution >= 0.6 is 50.7 Å². The van der Waals surface area contributed by atoms with Gasteiger partial charge < -0.3 is 54.7 Å². The summed E-state index contributed by atoms with van der Waals surface area (Å²) in [6.45, 7) is 5.64. The molecule has 0 bridgehead atoms. The summed E-state index contributed by atoms with van der Waals surface area (Å²) in [5, 5.41) is 35.4. The van der Waals surface area contributed by atoms with Gasteiger partial charge in [0.2, 0.25) is 17.7 Å². The topological polar surface area (TPSA) is 342 Å². The number of fused-ring (bicyclic) bond motifs is 2. The summed E-state index contributed by atoms with van der Waals surface area (Å²) in [6.07, 6.45) is 7.93. The minimum Gasteiger partial charge on any atom is -1.00 e. The number of aryl methyl sites for hydroxylation is 1. The van der Waals surface area contributed by atoms with Crippen LogP contribution in [0.2, 0.25) is 15.1 Å². The van der Waals surface area contributed by atoms with E-state index in [0.717, 1.165) is 18.8 Å². The summed E-state index contributed by atoms with van der Waals surface area (Å²) in [5.41, 5.74) is 18.6. The van der Waals surface area contributed by atoms with Gasteiger partial charge in [0.25, 0.3) is 18.3 Å². The molecular weight excluding hydrogens is 1420 g/mol. The van der Waals surface area contributed by atoms with Crippen molar-refractivity contribution in [3.63, 3.8) is 0 Å². The third kappa shape index (κ3) is 28.2. The quantitative estimate of drug-likeness (QED) is 0.0150. The largest absolute Gasteiger partial charge is 1.00 e. The molecule has 0 unspecified atom stereocenters. The number of primary amides is 2. The Labute approximate surface area is 657 Å². The van der Waals surface area contributed by atoms with Crippen molar-refractivity contribution >= 4 is 120 Å². The molecule has 2 aromatic heterocycles. The number of halogens is 7. The van der Waals surface area contributed by atoms with Crippen molar-refractivity contribution in [3.8, 4) is 0 Å². The number of amides is 5. The molecule has 5 aromatic carbocycles. The summed E-state index contributed by atoms with van der Waals surface area (Å²) in [4.78, 5) is 94.9. The fourth-order valence-electron chi connectivity index (χ4n) is 9.25. The summed E-state index contributed by atoms with van der Waals surface area (Å²) >= 11 is 20.1. The number of rotatable bonds is 24. The van der Waals surface area contributed by atoms with E-state index < -0.39 is 41.1 Å². The second-order valence-electron chi connectivity index (χ2n) is 22.0. The van der Waals surface area contributed by atoms with E-state index in [9.17, 15) is 46.7 Å². The van der Waals surface area contributed by atoms with Crippen molar-refractivity contribution < 1.29 is 171 Å². The van der Waals surface area contributed by atoms with Crippen LogP contribution in [0, 0.1) is 35.2 Å². The van der Waals surface area contributed by atoms with E-state index in [1.807, 2.05) is 6.92 Å². The predicted octanol–water partition coefficient (Wildman–Crippen LogP) is 2.25. The zero-order valence-corrected chi connectivity index (χ0v) is 63.2. The van der Waals surface area contributed by atoms with E-state index in [0.29, 0.717) is 75.0 Å². The Hall–Kier alpha value is -4.71. The first-order valence-electron chi connectivity index (χ1n) is 29.4. The molecule has 3 aliphatic carbocycles. The molecule has 3 aliphatic rings. The molecule has 0 saturated heterocycles. The van der Waals surface area contributed by atoms with Crippen molar-refractivity contribution in [2.75, 3.05) is 18.4 Å². The molecule has 3 fully saturated rings. The number of alkyl halides is 1. The van der Waals surface area contributed by atoms with Crippen LogP contribution in [0.1, 0.15) is 105 Å². The zero-order valence-electron chi connectivity index (χ0n) is 54.1. The van der Waals surface area contributed by atoms with Crippen LogP contribution in [-0.2, 0) is 66.3 Å². The number of para-hydroxylation sites is 2. The van der Waals surface area contributed by atoms with E-state index in [4.69, 9.17) is 67.2 Å². The second kappa shape index (κ2) is 43.0. The molecule has 0 spiro atoms. The molecule has 5 amide bonds. The number of Topliss-reactive ketones (excluding diaryl/α,β-unsaturated/α-hetero) is 1. The zero-order chi connectivity index (χ0) is 68.5. The number of nitrogens with zero attached hydrogens (tertiary/aromatic N) is 5. The molecule has 7 aromatic rings. The Morgan fingerprint density at radius 1 is 0.684 bits per heavy atom. The molecular formula is C64H74BrCl3F3K2N11O11. The van der Waals surface area contributed by atoms with Crippen molar-refractivity contribution in [1.29, 1.82) is 0 Å². The van der Waals surface area contributed by atoms with Gasteiger partial charge in [-0.2, -0.15) is 10.2 Å². The summed E-state index contributed by atoms with van der Waals surface area (Å²) in [5.74, 6) is -2.74. The minimum atomic E-state index is -1.02. The van der Waals surface area contributed by atoms with Gasteiger partial charge in [-0.1, -0.05) is 124 Å². The van der Waals surface area contributed by atoms with E-state index in [1.54, 1.807) is 78.9 Å². The van der Waals surface area contributed by atoms with Crippen molar-refractivity contribution in [2.24, 2.45) is 35.0 Å². The van der Waals surface area contributed by atoms with Crippen molar-refractivity contribution in [3.05, 3.63) is 164 Å². The maximum absolute atomic E-state index is 14.1. The fraction of sp³-hybridized carbons (Fsp3) is 0.375. The molecule has 0 radical (unpaired) electrons. The number of nitrogens with one attached hydrogen (secondary N) is 3. The average molecular weight is 1490 g/mol. The number of nitrogens with two attached hydrogens (primary N) is 3. The number of carbonyl (C=O) groups is 8. The number of carbonyl (C=O) groups excluding carboxylic acids is 7. The Kier molecular flexibility index (Phi) is 38.2. The van der Waals surface area contributed by atoms with Crippen molar-refractivity contribution in [2.45, 2.75) is 116 Å². The van der Waals surface area contributed by atoms with E-state index in [-0.39, 0.29) is 206 Å². The number of hydrogen-bond donors (Lipinski definition) is 7. The van der Waals surface area contributed by atoms with Crippen molar-refractivity contribution in [1.82, 2.24) is 40.4 Å². The standard InChI is InChI=1S/C24H25ClFN5O3.C14H18ClFN2O.C10H9BrClFO.C10H9N3O3.C5H11N.CH2O3.2K.H/c1-14(15-9-10-15)30(12-20(32)28-11-16-5-4-7-18(25)22(16)26)21(33)13-31-19-8-3-2-6-17(19)23(29-31)24(27)34;1-9(10-5-6-10)17-8-13(19)18-7-11-3-2-4-12(15)14(11)16;11-6-8(14)5-4-7-2-1-3-9(12)10(7)13;11-10(16)9-6-3-1-2-4-7(6)13(12-9)5-8(14)15;1-4(6)5-2-3-5;2-1-4-3;;;/h2-8,14-15H,9-13H2,1H3,(H2,27,34)(H,28,32);2-4,9-10,17H,5-8H2,1H3,(H,18,19);1-3H,4-6H2;1-4H,5H2,(H2,11,16)(H,14,15);4-5H,2-3,6H2,1H3;1,3H;;;/q;;;;;;2*+1;-1/p-1/t14-;9-;;;4-;;;;/m00..0..../s1. The van der Waals surface area contributed by atoms with Gasteiger partial charge in [0, 0.05) is 59.5 Å². The van der Waals surface area contributed by atoms with E-state index >= 15 is 0 Å². The van der Waals surface area contributed by atoms with Crippen LogP contribution in [0.4, 0.5) is 13.2 Å². The first-order chi connectivity index (χ1) is 44.3. The molecule has 3 saturated carbocycles. The van der Waals surface area contributed by atoms with Gasteiger partial charge in [-0.25, -0.2) is 13.2 Å². The Morgan fingerprint density at radius 2 is 1.11 bits per heavy atom. The summed E-state index contributed by atoms with van der Waals surface area (Å²) in [6, 6.07) is 28.7. The molecule has 2 heterocycles. The molecule has 10 N–H and O–H groups in total. The number of carboxylic acid groups (broad SMARTS) is 1. The van der Waals surface area contributed by atoms with Gasteiger partial charge in [-0.05, 0) is 119 Å². The number of benzene rings is 5. The molecule has 22 nitrogen and oxygen atoms in total. The third-order valence-electron chi connectivity index (χ3n) is 15.0. The van der Waals surface area contributed by atoms with Crippen LogP contribution in [-0.4, -0.2) is 114 Å². The van der Waals surface area contributed by atoms with Crippen LogP contribution in [0.25, 0.3) is 21.8 Å². The molecule has 0 aliphatic heterocycles. The number of aliphatic carboxylic acids is 1. The van der Waals surface area contributed by atoms with Crippen LogP contribution < -0.4 is 141 Å². The maximum atomic E-state index is 14.1. The van der Waals surface area contributed by atoms with Gasteiger partial charge in [0.1, 0.15) is 36.3 Å². The number of aromatic nitrogens is 4. The Bertz CT molecular complexity index is 3740. The number of carboxylic acids is 1. The number of ketones is 1. The van der Waals surface area contributed by atoms with Gasteiger partial charge in [0.05, 0.1) is 44.5 Å². The Morgan fingerprint density at radius 3 is 1.51 bits per heavy atom. The molecule has 31 heteroatoms. The normalized spacial score (nSPS) is 13.5. The maximum Gasteiger partial charge on any atom is 1.00 e. The molecule has 95 heavy (non-hydrogen) atoms. The SMILES string of the molecule is C[C@@H](C1CC1)N(CC(=O)NCc1cccc(Cl)c1F)C(=O)Cn1nc(C(N)=O)c2ccccc21.C[C@H](N)C1CC1.C[C@H](NCC(=O)NCc1cccc(Cl)c1F)C1CC1.NC(=O)c1nn(CC(=O)O)c2ccccc12.O=C(CBr)CCc1cccc(Cl)c1F.O=CO[O-].[H-].[K+].[K+]. The van der Waals surface area contributed by atoms with E-state index in [2.05, 4.69) is 60.8 Å². The second-order valence-corrected chi connectivity index (χ2v) is 23.8. The van der Waals surface area contributed by atoms with E-state index in [1.165, 1.54) is 64.2 Å². The van der Waals surface area contributed by atoms with Crippen LogP contribution in [0.15, 0.2) is 103 Å². The molecule has 3 atom stereocenters. The monoisotopic (exact) mass is 1490 g/mol. The fourth-order valence-corrected chi connectivity index (χ4v) is 10.1. The third-order valence-corrected chi connectivity index (χ3v) is 16.5. The number of hydrogen-bond acceptors (Lipinski definition) is 14. The van der Waals surface area contributed by atoms with Gasteiger partial charge >= 0.3 is 109 Å². The molecule has 10 rings (SSSR count). The summed E-state index contributed by atoms with van der Waals surface area (Å²) < 4.78 is 43.7. The first-order valence-corrected chi connectivity index (χ1v) is 31.7. The minimum absolute atomic E-state index is 0.